The van der Waals surface area contributed by atoms with E-state index in [9.17, 15) is 13.6 Å². The summed E-state index contributed by atoms with van der Waals surface area (Å²) in [6, 6.07) is 8.21. The van der Waals surface area contributed by atoms with Gasteiger partial charge in [-0.05, 0) is 35.8 Å². The average molecular weight is 363 g/mol. The van der Waals surface area contributed by atoms with E-state index in [1.807, 2.05) is 26.0 Å². The lowest BCUT2D eigenvalue weighted by molar-refractivity contribution is -0.169. The van der Waals surface area contributed by atoms with E-state index in [4.69, 9.17) is 4.74 Å². The molecule has 1 aromatic carbocycles. The first-order valence-electron chi connectivity index (χ1n) is 9.62. The van der Waals surface area contributed by atoms with Gasteiger partial charge in [0.15, 0.2) is 0 Å². The molecule has 1 aromatic rings. The van der Waals surface area contributed by atoms with Gasteiger partial charge in [-0.1, -0.05) is 38.1 Å². The number of fused-ring (bicyclic) bond motifs is 2. The Labute approximate surface area is 153 Å². The lowest BCUT2D eigenvalue weighted by atomic mass is 9.67. The van der Waals surface area contributed by atoms with Crippen molar-refractivity contribution < 1.29 is 18.3 Å². The first kappa shape index (κ1) is 17.9. The molecule has 1 saturated heterocycles. The topological polar surface area (TPSA) is 29.5 Å². The van der Waals surface area contributed by atoms with Gasteiger partial charge in [0.1, 0.15) is 5.60 Å². The molecule has 1 amide bonds. The second kappa shape index (κ2) is 6.01. The average Bonchev–Trinajstić information content (AvgIpc) is 2.95. The number of aryl methyl sites for hydroxylation is 1. The van der Waals surface area contributed by atoms with Crippen LogP contribution in [0.15, 0.2) is 24.3 Å². The van der Waals surface area contributed by atoms with Gasteiger partial charge in [-0.15, -0.1) is 0 Å². The second-order valence-electron chi connectivity index (χ2n) is 8.86. The molecule has 4 rings (SSSR count). The number of hydrogen-bond donors (Lipinski definition) is 0. The molecule has 142 valence electrons. The molecular formula is C21H27F2NO2. The molecule has 0 radical (unpaired) electrons. The van der Waals surface area contributed by atoms with E-state index in [0.29, 0.717) is 26.1 Å². The molecule has 26 heavy (non-hydrogen) atoms. The normalized spacial score (nSPS) is 32.5. The zero-order valence-electron chi connectivity index (χ0n) is 15.6. The maximum atomic E-state index is 14.0. The lowest BCUT2D eigenvalue weighted by Gasteiger charge is -2.46. The Morgan fingerprint density at radius 1 is 1.19 bits per heavy atom. The van der Waals surface area contributed by atoms with Crippen molar-refractivity contribution >= 4 is 5.91 Å². The van der Waals surface area contributed by atoms with Gasteiger partial charge in [0, 0.05) is 25.3 Å². The monoisotopic (exact) mass is 363 g/mol. The van der Waals surface area contributed by atoms with Gasteiger partial charge < -0.3 is 9.64 Å². The highest BCUT2D eigenvalue weighted by atomic mass is 19.3. The Morgan fingerprint density at radius 2 is 1.96 bits per heavy atom. The number of amides is 1. The van der Waals surface area contributed by atoms with Crippen molar-refractivity contribution in [3.8, 4) is 0 Å². The van der Waals surface area contributed by atoms with Gasteiger partial charge in [0.05, 0.1) is 13.2 Å². The van der Waals surface area contributed by atoms with Gasteiger partial charge in [-0.2, -0.15) is 0 Å². The molecule has 1 aliphatic heterocycles. The molecule has 1 saturated carbocycles. The minimum atomic E-state index is -2.74. The highest BCUT2D eigenvalue weighted by molar-refractivity contribution is 5.80. The van der Waals surface area contributed by atoms with Crippen LogP contribution in [-0.2, 0) is 21.6 Å². The summed E-state index contributed by atoms with van der Waals surface area (Å²) >= 11 is 0. The maximum absolute atomic E-state index is 14.0. The molecule has 3 aliphatic rings. The first-order chi connectivity index (χ1) is 12.2. The maximum Gasteiger partial charge on any atom is 0.249 e. The summed E-state index contributed by atoms with van der Waals surface area (Å²) in [7, 11) is 0. The van der Waals surface area contributed by atoms with Gasteiger partial charge >= 0.3 is 0 Å². The third-order valence-electron chi connectivity index (χ3n) is 6.68. The number of halogens is 2. The zero-order valence-corrected chi connectivity index (χ0v) is 15.6. The summed E-state index contributed by atoms with van der Waals surface area (Å²) in [6.07, 6.45) is 1.71. The van der Waals surface area contributed by atoms with Gasteiger partial charge in [-0.25, -0.2) is 8.78 Å². The molecule has 2 aliphatic carbocycles. The Bertz CT molecular complexity index is 714. The Balaban J connectivity index is 1.58. The van der Waals surface area contributed by atoms with E-state index in [0.717, 1.165) is 18.4 Å². The number of carbonyl (C=O) groups excluding carboxylic acids is 1. The Kier molecular flexibility index (Phi) is 4.14. The van der Waals surface area contributed by atoms with E-state index in [1.54, 1.807) is 4.90 Å². The molecular weight excluding hydrogens is 336 g/mol. The quantitative estimate of drug-likeness (QED) is 0.750. The molecule has 1 spiro atoms. The van der Waals surface area contributed by atoms with Crippen LogP contribution in [0.4, 0.5) is 8.78 Å². The van der Waals surface area contributed by atoms with Gasteiger partial charge in [0.2, 0.25) is 11.8 Å². The molecule has 2 unspecified atom stereocenters. The molecule has 0 N–H and O–H groups in total. The van der Waals surface area contributed by atoms with Crippen LogP contribution in [0.1, 0.15) is 50.7 Å². The molecule has 2 atom stereocenters. The summed E-state index contributed by atoms with van der Waals surface area (Å²) in [4.78, 5) is 15.0. The minimum absolute atomic E-state index is 0.121. The van der Waals surface area contributed by atoms with Crippen molar-refractivity contribution in [3.63, 3.8) is 0 Å². The second-order valence-corrected chi connectivity index (χ2v) is 8.86. The Hall–Kier alpha value is -1.49. The fraction of sp³-hybridized carbons (Fsp3) is 0.667. The smallest absolute Gasteiger partial charge is 0.249 e. The predicted molar refractivity (Wildman–Crippen MR) is 95.0 cm³/mol. The van der Waals surface area contributed by atoms with E-state index < -0.39 is 22.9 Å². The number of nitrogens with zero attached hydrogens (tertiary/aromatic N) is 1. The van der Waals surface area contributed by atoms with Crippen molar-refractivity contribution in [2.75, 3.05) is 19.7 Å². The summed E-state index contributed by atoms with van der Waals surface area (Å²) in [6.45, 7) is 5.32. The highest BCUT2D eigenvalue weighted by Crippen LogP contribution is 2.49. The van der Waals surface area contributed by atoms with Crippen molar-refractivity contribution in [1.82, 2.24) is 4.90 Å². The van der Waals surface area contributed by atoms with E-state index >= 15 is 0 Å². The number of benzene rings is 1. The van der Waals surface area contributed by atoms with E-state index in [-0.39, 0.29) is 18.7 Å². The van der Waals surface area contributed by atoms with Crippen LogP contribution in [0.5, 0.6) is 0 Å². The van der Waals surface area contributed by atoms with Gasteiger partial charge in [0.25, 0.3) is 0 Å². The van der Waals surface area contributed by atoms with Crippen LogP contribution in [0.25, 0.3) is 0 Å². The standard InChI is InChI=1S/C21H27F2NO2/c1-19(2)9-10-21(22,23)13-17(19)18(25)24-11-12-26-20(14-24)8-7-15-5-3-4-6-16(15)20/h3-6,17H,7-14H2,1-2H3. The van der Waals surface area contributed by atoms with Crippen molar-refractivity contribution in [1.29, 1.82) is 0 Å². The lowest BCUT2D eigenvalue weighted by Crippen LogP contribution is -2.55. The van der Waals surface area contributed by atoms with Crippen molar-refractivity contribution in [2.24, 2.45) is 11.3 Å². The van der Waals surface area contributed by atoms with E-state index in [2.05, 4.69) is 12.1 Å². The predicted octanol–water partition coefficient (Wildman–Crippen LogP) is 4.15. The van der Waals surface area contributed by atoms with Crippen LogP contribution < -0.4 is 0 Å². The minimum Gasteiger partial charge on any atom is -0.367 e. The zero-order chi connectivity index (χ0) is 18.6. The largest absolute Gasteiger partial charge is 0.367 e. The summed E-state index contributed by atoms with van der Waals surface area (Å²) in [5.41, 5.74) is 1.57. The van der Waals surface area contributed by atoms with Gasteiger partial charge in [-0.3, -0.25) is 4.79 Å². The van der Waals surface area contributed by atoms with Crippen LogP contribution in [0, 0.1) is 11.3 Å². The summed E-state index contributed by atoms with van der Waals surface area (Å²) < 4.78 is 34.2. The van der Waals surface area contributed by atoms with E-state index in [1.165, 1.54) is 5.56 Å². The summed E-state index contributed by atoms with van der Waals surface area (Å²) in [5, 5.41) is 0. The molecule has 2 fully saturated rings. The number of carbonyl (C=O) groups is 1. The van der Waals surface area contributed by atoms with Crippen LogP contribution in [0.3, 0.4) is 0 Å². The molecule has 1 heterocycles. The fourth-order valence-corrected chi connectivity index (χ4v) is 4.94. The summed E-state index contributed by atoms with van der Waals surface area (Å²) in [5.74, 6) is -3.49. The fourth-order valence-electron chi connectivity index (χ4n) is 4.94. The number of ether oxygens (including phenoxy) is 1. The number of hydrogen-bond acceptors (Lipinski definition) is 2. The first-order valence-corrected chi connectivity index (χ1v) is 9.62. The third kappa shape index (κ3) is 2.94. The van der Waals surface area contributed by atoms with Crippen molar-refractivity contribution in [2.45, 2.75) is 57.5 Å². The Morgan fingerprint density at radius 3 is 2.77 bits per heavy atom. The highest BCUT2D eigenvalue weighted by Gasteiger charge is 2.51. The number of alkyl halides is 2. The SMILES string of the molecule is CC1(C)CCC(F)(F)CC1C(=O)N1CCOC2(CCc3ccccc32)C1. The van der Waals surface area contributed by atoms with Crippen LogP contribution in [0.2, 0.25) is 0 Å². The van der Waals surface area contributed by atoms with Crippen molar-refractivity contribution in [3.05, 3.63) is 35.4 Å². The van der Waals surface area contributed by atoms with Crippen LogP contribution >= 0.6 is 0 Å². The third-order valence-corrected chi connectivity index (χ3v) is 6.68. The van der Waals surface area contributed by atoms with Crippen LogP contribution in [-0.4, -0.2) is 36.4 Å². The molecule has 0 aromatic heterocycles. The number of rotatable bonds is 1. The molecule has 5 heteroatoms. The molecule has 0 bridgehead atoms. The number of morpholine rings is 1. The molecule has 3 nitrogen and oxygen atoms in total.